The van der Waals surface area contributed by atoms with Gasteiger partial charge in [-0.1, -0.05) is 30.7 Å². The molecule has 0 amide bonds. The lowest BCUT2D eigenvalue weighted by molar-refractivity contribution is 0.266. The van der Waals surface area contributed by atoms with Crippen LogP contribution in [0.25, 0.3) is 0 Å². The molecule has 1 rings (SSSR count). The molecule has 1 atom stereocenters. The minimum absolute atomic E-state index is 0.146. The van der Waals surface area contributed by atoms with Crippen LogP contribution in [0.1, 0.15) is 18.9 Å². The molecule has 0 heterocycles. The molecule has 0 N–H and O–H groups in total. The molecule has 4 heteroatoms. The van der Waals surface area contributed by atoms with E-state index in [1.807, 2.05) is 13.8 Å². The highest BCUT2D eigenvalue weighted by atomic mass is 32.2. The fourth-order valence-electron chi connectivity index (χ4n) is 1.33. The lowest BCUT2D eigenvalue weighted by Crippen LogP contribution is -2.12. The van der Waals surface area contributed by atoms with E-state index in [1.165, 1.54) is 0 Å². The van der Waals surface area contributed by atoms with Gasteiger partial charge in [-0.05, 0) is 31.4 Å². The van der Waals surface area contributed by atoms with Gasteiger partial charge in [0, 0.05) is 0 Å². The lowest BCUT2D eigenvalue weighted by Gasteiger charge is -2.10. The molecule has 0 saturated heterocycles. The molecule has 0 aromatic heterocycles. The van der Waals surface area contributed by atoms with Crippen molar-refractivity contribution in [1.82, 2.24) is 0 Å². The fourth-order valence-corrected chi connectivity index (χ4v) is 2.35. The molecule has 0 spiro atoms. The summed E-state index contributed by atoms with van der Waals surface area (Å²) in [6.07, 6.45) is 2.50. The van der Waals surface area contributed by atoms with Gasteiger partial charge in [0.15, 0.2) is 0 Å². The van der Waals surface area contributed by atoms with Gasteiger partial charge in [0.2, 0.25) is 0 Å². The van der Waals surface area contributed by atoms with Crippen LogP contribution in [0.3, 0.4) is 0 Å². The molecular formula is C13H18O3S. The Morgan fingerprint density at radius 1 is 1.35 bits per heavy atom. The monoisotopic (exact) mass is 254 g/mol. The Morgan fingerprint density at radius 2 is 1.94 bits per heavy atom. The predicted molar refractivity (Wildman–Crippen MR) is 68.3 cm³/mol. The highest BCUT2D eigenvalue weighted by Gasteiger charge is 2.15. The van der Waals surface area contributed by atoms with Crippen LogP contribution in [0, 0.1) is 12.8 Å². The Balaban J connectivity index is 2.69. The quantitative estimate of drug-likeness (QED) is 0.579. The molecule has 94 valence electrons. The zero-order chi connectivity index (χ0) is 12.9. The van der Waals surface area contributed by atoms with Crippen LogP contribution in [-0.2, 0) is 14.3 Å². The summed E-state index contributed by atoms with van der Waals surface area (Å²) in [6.45, 7) is 7.62. The second kappa shape index (κ2) is 5.98. The average Bonchev–Trinajstić information content (AvgIpc) is 2.28. The highest BCUT2D eigenvalue weighted by molar-refractivity contribution is 7.86. The molecule has 0 radical (unpaired) electrons. The van der Waals surface area contributed by atoms with Gasteiger partial charge < -0.3 is 0 Å². The molecule has 0 bridgehead atoms. The Bertz CT molecular complexity index is 460. The zero-order valence-electron chi connectivity index (χ0n) is 10.2. The normalized spacial score (nSPS) is 13.3. The Kier molecular flexibility index (Phi) is 4.90. The fraction of sp³-hybridized carbons (Fsp3) is 0.385. The van der Waals surface area contributed by atoms with Gasteiger partial charge in [-0.3, -0.25) is 4.18 Å². The Morgan fingerprint density at radius 3 is 2.47 bits per heavy atom. The molecule has 0 aliphatic rings. The van der Waals surface area contributed by atoms with Crippen molar-refractivity contribution in [3.63, 3.8) is 0 Å². The zero-order valence-corrected chi connectivity index (χ0v) is 11.0. The van der Waals surface area contributed by atoms with E-state index in [0.717, 1.165) is 12.0 Å². The van der Waals surface area contributed by atoms with Crippen molar-refractivity contribution >= 4 is 10.1 Å². The number of rotatable bonds is 6. The number of aryl methyl sites for hydroxylation is 1. The van der Waals surface area contributed by atoms with E-state index >= 15 is 0 Å². The van der Waals surface area contributed by atoms with Crippen molar-refractivity contribution in [2.75, 3.05) is 6.61 Å². The van der Waals surface area contributed by atoms with Crippen molar-refractivity contribution in [2.24, 2.45) is 5.92 Å². The van der Waals surface area contributed by atoms with Gasteiger partial charge >= 0.3 is 0 Å². The summed E-state index contributed by atoms with van der Waals surface area (Å²) in [5.41, 5.74) is 1.02. The van der Waals surface area contributed by atoms with Crippen molar-refractivity contribution < 1.29 is 12.6 Å². The van der Waals surface area contributed by atoms with Gasteiger partial charge in [-0.15, -0.1) is 6.58 Å². The van der Waals surface area contributed by atoms with Crippen LogP contribution >= 0.6 is 0 Å². The lowest BCUT2D eigenvalue weighted by atomic mass is 10.1. The van der Waals surface area contributed by atoms with Gasteiger partial charge in [0.1, 0.15) is 0 Å². The van der Waals surface area contributed by atoms with Gasteiger partial charge in [-0.2, -0.15) is 8.42 Å². The Hall–Kier alpha value is -1.13. The molecule has 0 fully saturated rings. The number of hydrogen-bond donors (Lipinski definition) is 0. The standard InChI is InChI=1S/C13H18O3S/c1-4-5-12(3)10-16-17(14,15)13-8-6-11(2)7-9-13/h4,6-9,12H,1,5,10H2,2-3H3. The second-order valence-electron chi connectivity index (χ2n) is 4.18. The molecule has 3 nitrogen and oxygen atoms in total. The van der Waals surface area contributed by atoms with Crippen LogP contribution in [0.15, 0.2) is 41.8 Å². The van der Waals surface area contributed by atoms with Crippen molar-refractivity contribution in [1.29, 1.82) is 0 Å². The first kappa shape index (κ1) is 13.9. The first-order chi connectivity index (χ1) is 7.95. The van der Waals surface area contributed by atoms with E-state index < -0.39 is 10.1 Å². The minimum Gasteiger partial charge on any atom is -0.266 e. The number of allylic oxidation sites excluding steroid dienone is 1. The molecule has 0 saturated carbocycles. The number of benzene rings is 1. The summed E-state index contributed by atoms with van der Waals surface area (Å²) < 4.78 is 28.6. The number of hydrogen-bond acceptors (Lipinski definition) is 3. The van der Waals surface area contributed by atoms with Crippen LogP contribution in [0.2, 0.25) is 0 Å². The SMILES string of the molecule is C=CCC(C)COS(=O)(=O)c1ccc(C)cc1. The first-order valence-corrected chi connectivity index (χ1v) is 6.93. The summed E-state index contributed by atoms with van der Waals surface area (Å²) in [6, 6.07) is 6.62. The average molecular weight is 254 g/mol. The van der Waals surface area contributed by atoms with Crippen LogP contribution in [0.4, 0.5) is 0 Å². The second-order valence-corrected chi connectivity index (χ2v) is 5.80. The maximum absolute atomic E-state index is 11.8. The molecule has 1 aromatic rings. The molecule has 0 aliphatic carbocycles. The van der Waals surface area contributed by atoms with Gasteiger partial charge in [-0.25, -0.2) is 0 Å². The highest BCUT2D eigenvalue weighted by Crippen LogP contribution is 2.15. The van der Waals surface area contributed by atoms with Crippen LogP contribution in [0.5, 0.6) is 0 Å². The van der Waals surface area contributed by atoms with E-state index in [4.69, 9.17) is 4.18 Å². The molecule has 1 unspecified atom stereocenters. The maximum Gasteiger partial charge on any atom is 0.296 e. The molecular weight excluding hydrogens is 236 g/mol. The summed E-state index contributed by atoms with van der Waals surface area (Å²) in [5.74, 6) is 0.146. The smallest absolute Gasteiger partial charge is 0.266 e. The Labute approximate surface area is 103 Å². The molecule has 0 aliphatic heterocycles. The maximum atomic E-state index is 11.8. The summed E-state index contributed by atoms with van der Waals surface area (Å²) in [4.78, 5) is 0.203. The van der Waals surface area contributed by atoms with Crippen LogP contribution in [-0.4, -0.2) is 15.0 Å². The topological polar surface area (TPSA) is 43.4 Å². The van der Waals surface area contributed by atoms with Crippen molar-refractivity contribution in [2.45, 2.75) is 25.2 Å². The van der Waals surface area contributed by atoms with E-state index in [0.29, 0.717) is 0 Å². The van der Waals surface area contributed by atoms with Crippen LogP contribution < -0.4 is 0 Å². The third kappa shape index (κ3) is 4.32. The van der Waals surface area contributed by atoms with E-state index in [1.54, 1.807) is 30.3 Å². The van der Waals surface area contributed by atoms with Gasteiger partial charge in [0.05, 0.1) is 11.5 Å². The summed E-state index contributed by atoms with van der Waals surface area (Å²) in [7, 11) is -3.62. The van der Waals surface area contributed by atoms with Crippen molar-refractivity contribution in [3.05, 3.63) is 42.5 Å². The van der Waals surface area contributed by atoms with E-state index in [-0.39, 0.29) is 17.4 Å². The van der Waals surface area contributed by atoms with Crippen molar-refractivity contribution in [3.8, 4) is 0 Å². The predicted octanol–water partition coefficient (Wildman–Crippen LogP) is 2.91. The van der Waals surface area contributed by atoms with Gasteiger partial charge in [0.25, 0.3) is 10.1 Å². The largest absolute Gasteiger partial charge is 0.296 e. The third-order valence-corrected chi connectivity index (χ3v) is 3.68. The third-order valence-electron chi connectivity index (χ3n) is 2.39. The first-order valence-electron chi connectivity index (χ1n) is 5.52. The molecule has 17 heavy (non-hydrogen) atoms. The molecule has 1 aromatic carbocycles. The summed E-state index contributed by atoms with van der Waals surface area (Å²) >= 11 is 0. The summed E-state index contributed by atoms with van der Waals surface area (Å²) in [5, 5.41) is 0. The minimum atomic E-state index is -3.62. The van der Waals surface area contributed by atoms with E-state index in [9.17, 15) is 8.42 Å². The van der Waals surface area contributed by atoms with E-state index in [2.05, 4.69) is 6.58 Å².